The number of nitrogens with zero attached hydrogens (tertiary/aromatic N) is 6. The van der Waals surface area contributed by atoms with Crippen LogP contribution < -0.4 is 10.6 Å². The van der Waals surface area contributed by atoms with Gasteiger partial charge < -0.3 is 10.6 Å². The summed E-state index contributed by atoms with van der Waals surface area (Å²) in [5.41, 5.74) is 3.12. The zero-order valence-electron chi connectivity index (χ0n) is 19.0. The van der Waals surface area contributed by atoms with Gasteiger partial charge in [-0.25, -0.2) is 19.3 Å². The summed E-state index contributed by atoms with van der Waals surface area (Å²) in [5, 5.41) is 16.9. The van der Waals surface area contributed by atoms with E-state index in [9.17, 15) is 9.59 Å². The van der Waals surface area contributed by atoms with Crippen LogP contribution in [0.15, 0.2) is 66.7 Å². The molecule has 5 rings (SSSR count). The summed E-state index contributed by atoms with van der Waals surface area (Å²) in [7, 11) is 0. The molecule has 5 aromatic rings. The summed E-state index contributed by atoms with van der Waals surface area (Å²) in [6.45, 7) is 4.19. The Balaban J connectivity index is 1.30. The number of thiophene rings is 1. The van der Waals surface area contributed by atoms with Crippen molar-refractivity contribution in [3.63, 3.8) is 0 Å². The fraction of sp³-hybridized carbons (Fsp3) is 0.167. The number of rotatable bonds is 7. The third-order valence-electron chi connectivity index (χ3n) is 5.49. The number of hydrogen-bond acceptors (Lipinski definition) is 7. The highest BCUT2D eigenvalue weighted by Crippen LogP contribution is 2.22. The van der Waals surface area contributed by atoms with Crippen LogP contribution in [0.1, 0.15) is 33.9 Å². The fourth-order valence-corrected chi connectivity index (χ4v) is 4.33. The van der Waals surface area contributed by atoms with Gasteiger partial charge in [-0.15, -0.1) is 11.3 Å². The lowest BCUT2D eigenvalue weighted by atomic mass is 10.1. The van der Waals surface area contributed by atoms with E-state index < -0.39 is 6.04 Å². The highest BCUT2D eigenvalue weighted by molar-refractivity contribution is 7.09. The molecule has 10 nitrogen and oxygen atoms in total. The maximum Gasteiger partial charge on any atom is 0.256 e. The highest BCUT2D eigenvalue weighted by atomic mass is 32.1. The van der Waals surface area contributed by atoms with Gasteiger partial charge in [0.25, 0.3) is 5.91 Å². The zero-order chi connectivity index (χ0) is 24.4. The molecule has 0 aliphatic heterocycles. The first kappa shape index (κ1) is 22.4. The van der Waals surface area contributed by atoms with Crippen LogP contribution in [-0.4, -0.2) is 41.3 Å². The van der Waals surface area contributed by atoms with Crippen molar-refractivity contribution in [1.82, 2.24) is 29.5 Å². The SMILES string of the molecule is Cc1cc(C(=O)Nc2ccc(NC(=O)C(C)n3cncn3)cc2)c2cnn(Cc3cccs3)c2n1. The van der Waals surface area contributed by atoms with Crippen molar-refractivity contribution in [2.75, 3.05) is 10.6 Å². The monoisotopic (exact) mass is 486 g/mol. The molecule has 35 heavy (non-hydrogen) atoms. The molecule has 4 heterocycles. The molecule has 176 valence electrons. The molecule has 1 aromatic carbocycles. The number of anilines is 2. The van der Waals surface area contributed by atoms with Crippen molar-refractivity contribution in [2.24, 2.45) is 0 Å². The van der Waals surface area contributed by atoms with Crippen LogP contribution >= 0.6 is 11.3 Å². The van der Waals surface area contributed by atoms with Crippen molar-refractivity contribution in [3.8, 4) is 0 Å². The number of nitrogens with one attached hydrogen (secondary N) is 2. The summed E-state index contributed by atoms with van der Waals surface area (Å²) in [5.74, 6) is -0.478. The van der Waals surface area contributed by atoms with Crippen LogP contribution in [0, 0.1) is 6.92 Å². The number of carbonyl (C=O) groups excluding carboxylic acids is 2. The minimum absolute atomic E-state index is 0.221. The number of pyridine rings is 1. The standard InChI is InChI=1S/C24H22N8O2S/c1-15-10-20(21-11-26-31(22(21)28-15)12-19-4-3-9-35-19)24(34)30-18-7-5-17(6-8-18)29-23(33)16(2)32-14-25-13-27-32/h3-11,13-14,16H,12H2,1-2H3,(H,29,33)(H,30,34). The van der Waals surface area contributed by atoms with Crippen LogP contribution in [0.5, 0.6) is 0 Å². The second kappa shape index (κ2) is 9.47. The molecule has 1 atom stereocenters. The van der Waals surface area contributed by atoms with Crippen LogP contribution in [0.25, 0.3) is 11.0 Å². The van der Waals surface area contributed by atoms with Crippen molar-refractivity contribution < 1.29 is 9.59 Å². The van der Waals surface area contributed by atoms with E-state index >= 15 is 0 Å². The molecule has 4 aromatic heterocycles. The molecule has 0 spiro atoms. The largest absolute Gasteiger partial charge is 0.324 e. The van der Waals surface area contributed by atoms with E-state index in [0.717, 1.165) is 10.6 Å². The Labute approximate surface area is 204 Å². The van der Waals surface area contributed by atoms with E-state index in [1.807, 2.05) is 29.1 Å². The average molecular weight is 487 g/mol. The number of carbonyl (C=O) groups is 2. The molecule has 0 bridgehead atoms. The van der Waals surface area contributed by atoms with Gasteiger partial charge in [0.15, 0.2) is 5.65 Å². The van der Waals surface area contributed by atoms with E-state index in [1.54, 1.807) is 54.8 Å². The lowest BCUT2D eigenvalue weighted by Gasteiger charge is -2.13. The normalized spacial score (nSPS) is 11.9. The summed E-state index contributed by atoms with van der Waals surface area (Å²) in [6.07, 6.45) is 4.56. The smallest absolute Gasteiger partial charge is 0.256 e. The minimum Gasteiger partial charge on any atom is -0.324 e. The molecular formula is C24H22N8O2S. The number of aromatic nitrogens is 6. The zero-order valence-corrected chi connectivity index (χ0v) is 19.9. The summed E-state index contributed by atoms with van der Waals surface area (Å²) < 4.78 is 3.28. The predicted octanol–water partition coefficient (Wildman–Crippen LogP) is 3.89. The first-order valence-electron chi connectivity index (χ1n) is 10.9. The quantitative estimate of drug-likeness (QED) is 0.360. The van der Waals surface area contributed by atoms with E-state index in [4.69, 9.17) is 0 Å². The topological polar surface area (TPSA) is 120 Å². The van der Waals surface area contributed by atoms with Gasteiger partial charge in [0.1, 0.15) is 18.7 Å². The van der Waals surface area contributed by atoms with Crippen molar-refractivity contribution in [3.05, 3.63) is 82.8 Å². The number of fused-ring (bicyclic) bond motifs is 1. The Bertz CT molecular complexity index is 1470. The fourth-order valence-electron chi connectivity index (χ4n) is 3.65. The van der Waals surface area contributed by atoms with Crippen LogP contribution in [0.3, 0.4) is 0 Å². The lowest BCUT2D eigenvalue weighted by Crippen LogP contribution is -2.24. The van der Waals surface area contributed by atoms with Crippen LogP contribution in [0.2, 0.25) is 0 Å². The third kappa shape index (κ3) is 4.80. The molecular weight excluding hydrogens is 464 g/mol. The van der Waals surface area contributed by atoms with Crippen LogP contribution in [0.4, 0.5) is 11.4 Å². The lowest BCUT2D eigenvalue weighted by molar-refractivity contribution is -0.119. The molecule has 0 radical (unpaired) electrons. The highest BCUT2D eigenvalue weighted by Gasteiger charge is 2.18. The molecule has 2 amide bonds. The molecule has 0 aliphatic carbocycles. The number of benzene rings is 1. The van der Waals surface area contributed by atoms with Crippen molar-refractivity contribution in [1.29, 1.82) is 0 Å². The molecule has 0 saturated carbocycles. The van der Waals surface area contributed by atoms with Gasteiger partial charge in [-0.3, -0.25) is 9.59 Å². The summed E-state index contributed by atoms with van der Waals surface area (Å²) in [4.78, 5) is 35.2. The molecule has 1 unspecified atom stereocenters. The summed E-state index contributed by atoms with van der Waals surface area (Å²) >= 11 is 1.65. The molecule has 0 fully saturated rings. The Morgan fingerprint density at radius 3 is 2.54 bits per heavy atom. The van der Waals surface area contributed by atoms with Crippen molar-refractivity contribution >= 4 is 45.6 Å². The Hall–Kier alpha value is -4.38. The molecule has 0 aliphatic rings. The molecule has 2 N–H and O–H groups in total. The minimum atomic E-state index is -0.505. The Kier molecular flexibility index (Phi) is 6.06. The summed E-state index contributed by atoms with van der Waals surface area (Å²) in [6, 6.07) is 12.2. The van der Waals surface area contributed by atoms with Gasteiger partial charge >= 0.3 is 0 Å². The van der Waals surface area contributed by atoms with E-state index in [2.05, 4.69) is 30.8 Å². The number of amides is 2. The Morgan fingerprint density at radius 1 is 1.09 bits per heavy atom. The van der Waals surface area contributed by atoms with E-state index in [1.165, 1.54) is 17.3 Å². The van der Waals surface area contributed by atoms with Crippen LogP contribution in [-0.2, 0) is 11.3 Å². The van der Waals surface area contributed by atoms with Gasteiger partial charge in [0.2, 0.25) is 5.91 Å². The molecule has 11 heteroatoms. The first-order valence-corrected chi connectivity index (χ1v) is 11.8. The maximum absolute atomic E-state index is 13.1. The van der Waals surface area contributed by atoms with Gasteiger partial charge in [-0.05, 0) is 55.6 Å². The Morgan fingerprint density at radius 2 is 1.86 bits per heavy atom. The number of aryl methyl sites for hydroxylation is 1. The average Bonchev–Trinajstić information content (AvgIpc) is 3.63. The van der Waals surface area contributed by atoms with E-state index in [-0.39, 0.29) is 11.8 Å². The van der Waals surface area contributed by atoms with Gasteiger partial charge in [-0.1, -0.05) is 6.07 Å². The number of hydrogen-bond donors (Lipinski definition) is 2. The second-order valence-electron chi connectivity index (χ2n) is 8.00. The maximum atomic E-state index is 13.1. The first-order chi connectivity index (χ1) is 17.0. The predicted molar refractivity (Wildman–Crippen MR) is 133 cm³/mol. The molecule has 0 saturated heterocycles. The van der Waals surface area contributed by atoms with E-state index in [0.29, 0.717) is 34.5 Å². The van der Waals surface area contributed by atoms with Gasteiger partial charge in [0.05, 0.1) is 23.7 Å². The third-order valence-corrected chi connectivity index (χ3v) is 6.35. The van der Waals surface area contributed by atoms with Gasteiger partial charge in [0, 0.05) is 21.9 Å². The second-order valence-corrected chi connectivity index (χ2v) is 9.03. The van der Waals surface area contributed by atoms with Gasteiger partial charge in [-0.2, -0.15) is 10.2 Å². The van der Waals surface area contributed by atoms with Crippen molar-refractivity contribution in [2.45, 2.75) is 26.4 Å².